The van der Waals surface area contributed by atoms with Gasteiger partial charge in [-0.1, -0.05) is 13.8 Å². The number of aliphatic hydroxyl groups excluding tert-OH is 1. The Hall–Kier alpha value is -2.56. The number of nitrogens with two attached hydrogens (primary N) is 1. The van der Waals surface area contributed by atoms with E-state index in [4.69, 9.17) is 94.1 Å². The van der Waals surface area contributed by atoms with Crippen molar-refractivity contribution in [1.82, 2.24) is 0 Å². The molecule has 2 bridgehead atoms. The van der Waals surface area contributed by atoms with E-state index < -0.39 is 260 Å². The summed E-state index contributed by atoms with van der Waals surface area (Å²) >= 11 is 0. The first-order chi connectivity index (χ1) is 42.9. The lowest BCUT2D eigenvalue weighted by molar-refractivity contribution is -0.429. The van der Waals surface area contributed by atoms with Gasteiger partial charge in [0.1, 0.15) is 91.6 Å². The molecule has 0 aromatic heterocycles. The highest BCUT2D eigenvalue weighted by molar-refractivity contribution is 7.82. The van der Waals surface area contributed by atoms with E-state index in [0.29, 0.717) is 6.42 Å². The predicted molar refractivity (Wildman–Crippen MR) is 282 cm³/mol. The molecule has 1 unspecified atom stereocenters. The van der Waals surface area contributed by atoms with Crippen molar-refractivity contribution in [2.75, 3.05) is 68.6 Å². The van der Waals surface area contributed by atoms with Gasteiger partial charge in [0.2, 0.25) is 5.60 Å². The van der Waals surface area contributed by atoms with Crippen LogP contribution >= 0.6 is 0 Å². The molecule has 93 heavy (non-hydrogen) atoms. The number of methoxy groups -OCH3 is 5. The van der Waals surface area contributed by atoms with Crippen LogP contribution in [-0.2, 0) is 173 Å². The molecule has 0 spiro atoms. The van der Waals surface area contributed by atoms with Crippen LogP contribution in [0.4, 0.5) is 0 Å². The molecule has 7 saturated heterocycles. The molecule has 0 radical (unpaired) electrons. The largest absolute Gasteiger partial charge is 0.479 e. The van der Waals surface area contributed by atoms with Gasteiger partial charge in [0.05, 0.1) is 32.5 Å². The van der Waals surface area contributed by atoms with Gasteiger partial charge in [0.25, 0.3) is 0 Å². The van der Waals surface area contributed by atoms with E-state index in [1.807, 2.05) is 0 Å². The first kappa shape index (κ1) is 79.4. The van der Waals surface area contributed by atoms with E-state index >= 15 is 0 Å². The van der Waals surface area contributed by atoms with Gasteiger partial charge in [-0.05, 0) is 12.8 Å². The quantitative estimate of drug-likeness (QED) is 0.0268. The van der Waals surface area contributed by atoms with Crippen molar-refractivity contribution in [2.24, 2.45) is 5.73 Å². The summed E-state index contributed by atoms with van der Waals surface area (Å²) in [5.74, 6) is -4.14. The van der Waals surface area contributed by atoms with Crippen molar-refractivity contribution < 1.29 is 204 Å². The summed E-state index contributed by atoms with van der Waals surface area (Å²) in [5.41, 5.74) is 0.339. The number of rotatable bonds is 34. The number of aliphatic carboxylic acids is 2. The summed E-state index contributed by atoms with van der Waals surface area (Å²) in [7, 11) is -29.6. The summed E-state index contributed by atoms with van der Waals surface area (Å²) in [6.07, 6.45) is -49.4. The van der Waals surface area contributed by atoms with E-state index in [2.05, 4.69) is 12.5 Å². The van der Waals surface area contributed by atoms with E-state index in [0.717, 1.165) is 42.5 Å². The topological polar surface area (TPSA) is 650 Å². The maximum atomic E-state index is 13.7. The fraction of sp³-hybridized carbons (Fsp3) is 0.951. The van der Waals surface area contributed by atoms with Crippen molar-refractivity contribution in [1.29, 1.82) is 0 Å². The van der Waals surface area contributed by atoms with Gasteiger partial charge in [-0.15, -0.1) is 0 Å². The Morgan fingerprint density at radius 3 is 1.38 bits per heavy atom. The van der Waals surface area contributed by atoms with Crippen LogP contribution < -0.4 is 5.73 Å². The lowest BCUT2D eigenvalue weighted by atomic mass is 9.83. The SMILES string of the molecule is CCCO[C@@H]1[C@@H](N)[C@H](O[C@H]2[C@H](OC)[C@@H](OC)[C@H](O[C@H]3[C@H](OS(=O)(=O)O)[C@@H](OS(=O)(=O)O)[C@@H](O[C@H]4[C@H](OC)[C@H]5OC[C@]4(C(=O)O)OC5O[C@H]4[C@H](OC)[C@@H](OS(=O)(=O)O)[C@@H](OC)O[C@@H]4COS(=O)(=O)O)O[C@@H]3COS(=O)(=O)O)O[C@]2(CC)C(=O)O)O[C@H](COS(=O)(=O)O)[C@H]1O. The molecule has 0 amide bonds. The molecule has 544 valence electrons. The Morgan fingerprint density at radius 2 is 0.925 bits per heavy atom. The van der Waals surface area contributed by atoms with E-state index in [1.54, 1.807) is 6.92 Å². The monoisotopic (exact) mass is 1490 g/mol. The van der Waals surface area contributed by atoms with E-state index in [9.17, 15) is 103 Å². The van der Waals surface area contributed by atoms with Crippen LogP contribution in [0.25, 0.3) is 0 Å². The maximum absolute atomic E-state index is 13.7. The summed E-state index contributed by atoms with van der Waals surface area (Å²) < 4.78 is 326. The van der Waals surface area contributed by atoms with E-state index in [1.165, 1.54) is 0 Å². The van der Waals surface area contributed by atoms with Gasteiger partial charge >= 0.3 is 74.3 Å². The fourth-order valence-electron chi connectivity index (χ4n) is 10.9. The predicted octanol–water partition coefficient (Wildman–Crippen LogP) is -6.92. The first-order valence-corrected chi connectivity index (χ1v) is 34.7. The molecule has 7 rings (SSSR count). The second kappa shape index (κ2) is 31.3. The summed E-state index contributed by atoms with van der Waals surface area (Å²) in [6, 6.07) is -1.63. The van der Waals surface area contributed by atoms with Gasteiger partial charge in [-0.3, -0.25) is 27.3 Å². The average Bonchev–Trinajstić information content (AvgIpc) is 0.730. The number of aliphatic hydroxyl groups is 1. The third kappa shape index (κ3) is 19.5. The minimum atomic E-state index is -6.16. The Bertz CT molecular complexity index is 3240. The van der Waals surface area contributed by atoms with Crippen LogP contribution in [0, 0.1) is 0 Å². The third-order valence-electron chi connectivity index (χ3n) is 14.8. The first-order valence-electron chi connectivity index (χ1n) is 26.5. The van der Waals surface area contributed by atoms with Gasteiger partial charge in [-0.2, -0.15) is 50.5 Å². The lowest BCUT2D eigenvalue weighted by Gasteiger charge is -2.57. The number of carbonyl (C=O) groups is 2. The molecule has 7 fully saturated rings. The summed E-state index contributed by atoms with van der Waals surface area (Å²) in [4.78, 5) is 27.4. The van der Waals surface area contributed by atoms with Gasteiger partial charge < -0.3 is 96.8 Å². The number of hydrogen-bond acceptors (Lipinski definition) is 38. The smallest absolute Gasteiger partial charge is 0.397 e. The normalized spacial score (nSPS) is 39.8. The molecule has 7 aliphatic heterocycles. The van der Waals surface area contributed by atoms with Crippen molar-refractivity contribution in [3.8, 4) is 0 Å². The molecule has 0 aromatic rings. The van der Waals surface area contributed by atoms with Gasteiger partial charge in [-0.25, -0.2) is 34.7 Å². The number of fused-ring (bicyclic) bond motifs is 3. The van der Waals surface area contributed by atoms with Crippen molar-refractivity contribution in [3.05, 3.63) is 0 Å². The highest BCUT2D eigenvalue weighted by Gasteiger charge is 2.70. The second-order valence-corrected chi connectivity index (χ2v) is 26.9. The van der Waals surface area contributed by atoms with Gasteiger partial charge in [0.15, 0.2) is 49.3 Å². The van der Waals surface area contributed by atoms with Crippen molar-refractivity contribution in [2.45, 2.75) is 179 Å². The van der Waals surface area contributed by atoms with Crippen LogP contribution in [0.15, 0.2) is 0 Å². The number of carboxylic acid groups (broad SMARTS) is 2. The molecule has 7 aliphatic rings. The van der Waals surface area contributed by atoms with Gasteiger partial charge in [0, 0.05) is 42.2 Å². The van der Waals surface area contributed by atoms with Crippen LogP contribution in [0.1, 0.15) is 26.7 Å². The Kier molecular flexibility index (Phi) is 26.8. The Morgan fingerprint density at radius 1 is 0.473 bits per heavy atom. The number of carboxylic acids is 2. The molecule has 0 saturated carbocycles. The van der Waals surface area contributed by atoms with Crippen LogP contribution in [0.5, 0.6) is 0 Å². The molecule has 0 aliphatic carbocycles. The molecular weight excluding hydrogens is 1420 g/mol. The summed E-state index contributed by atoms with van der Waals surface area (Å²) in [5, 5.41) is 33.3. The molecule has 11 N–H and O–H groups in total. The standard InChI is InChI=1S/C41H69NO45S6/c1-8-10-71-22-18(42)33(76-15(19(22)43)11-73-88(48,49)50)81-31-25(67-4)27(69-6)36(83-40(31,9-2)38(44)45)80-21-17(13-75-90(54,55)56)78-35(30(87-93(63,64)65)24(21)85-91(57,58)59)82-32-26(68-5)28-37(84-41(32,14-72-28)39(46)47)79-20-16(12-74-89(51,52)53)77-34(70-7)29(23(20)66-3)86-92(60,61)62/h15-37,43H,8-14,42H2,1-7H3,(H,44,45)(H,46,47)(H,48,49,50)(H,51,52,53)(H,54,55,56)(H,57,58,59)(H,60,61,62)(H,63,64,65)/t15-,16-,17-,18-,19-,20-,21-,22-,23+,24+,25-,26-,27-,28-,29-,30-,31+,32+,33+,34+,35-,36-,37?,40+,41+/m1/s1. The molecular formula is C41H69NO45S6. The molecule has 25 atom stereocenters. The second-order valence-electron chi connectivity index (χ2n) is 20.5. The Balaban J connectivity index is 1.44. The lowest BCUT2D eigenvalue weighted by Crippen LogP contribution is -2.78. The third-order valence-corrected chi connectivity index (χ3v) is 17.5. The zero-order valence-corrected chi connectivity index (χ0v) is 53.9. The van der Waals surface area contributed by atoms with Crippen LogP contribution in [0.2, 0.25) is 0 Å². The van der Waals surface area contributed by atoms with E-state index in [-0.39, 0.29) is 6.61 Å². The number of hydrogen-bond donors (Lipinski definition) is 10. The molecule has 52 heteroatoms. The Labute approximate surface area is 529 Å². The van der Waals surface area contributed by atoms with Crippen molar-refractivity contribution >= 4 is 74.3 Å². The highest BCUT2D eigenvalue weighted by Crippen LogP contribution is 2.47. The van der Waals surface area contributed by atoms with Crippen LogP contribution in [0.3, 0.4) is 0 Å². The minimum absolute atomic E-state index is 0.109. The molecule has 46 nitrogen and oxygen atoms in total. The number of ether oxygens (including phenoxy) is 16. The van der Waals surface area contributed by atoms with Crippen LogP contribution in [-0.4, -0.2) is 326 Å². The average molecular weight is 1490 g/mol. The summed E-state index contributed by atoms with van der Waals surface area (Å²) in [6.45, 7) is -2.60. The molecule has 0 aromatic carbocycles. The zero-order chi connectivity index (χ0) is 69.9. The maximum Gasteiger partial charge on any atom is 0.397 e. The molecule has 7 heterocycles. The fourth-order valence-corrected chi connectivity index (χ4v) is 13.3. The van der Waals surface area contributed by atoms with Crippen molar-refractivity contribution in [3.63, 3.8) is 0 Å². The zero-order valence-electron chi connectivity index (χ0n) is 49.0. The highest BCUT2D eigenvalue weighted by atomic mass is 32.3. The minimum Gasteiger partial charge on any atom is -0.479 e.